The molecule has 0 saturated heterocycles. The van der Waals surface area contributed by atoms with Crippen molar-refractivity contribution in [3.63, 3.8) is 0 Å². The van der Waals surface area contributed by atoms with Gasteiger partial charge in [0.2, 0.25) is 0 Å². The van der Waals surface area contributed by atoms with E-state index in [1.54, 1.807) is 7.11 Å². The summed E-state index contributed by atoms with van der Waals surface area (Å²) in [5.74, 6) is 1.10. The van der Waals surface area contributed by atoms with Crippen LogP contribution in [0.1, 0.15) is 33.8 Å². The summed E-state index contributed by atoms with van der Waals surface area (Å²) in [6, 6.07) is 8.01. The summed E-state index contributed by atoms with van der Waals surface area (Å²) < 4.78 is 5.25. The standard InChI is InChI=1S/C16H18N2O2S/c1-18(10-11-5-3-6-12(9-11)20-2)16-17-13-7-4-8-14(19)15(13)21-16/h3,5-6,9H,4,7-8,10H2,1-2H3. The maximum absolute atomic E-state index is 11.9. The van der Waals surface area contributed by atoms with E-state index in [-0.39, 0.29) is 5.78 Å². The Labute approximate surface area is 128 Å². The van der Waals surface area contributed by atoms with Gasteiger partial charge in [0.05, 0.1) is 17.7 Å². The Morgan fingerprint density at radius 3 is 3.00 bits per heavy atom. The van der Waals surface area contributed by atoms with Crippen molar-refractivity contribution in [3.05, 3.63) is 40.4 Å². The molecule has 1 heterocycles. The molecule has 0 fully saturated rings. The van der Waals surface area contributed by atoms with E-state index in [1.807, 2.05) is 25.2 Å². The molecule has 4 nitrogen and oxygen atoms in total. The summed E-state index contributed by atoms with van der Waals surface area (Å²) in [5, 5.41) is 0.915. The van der Waals surface area contributed by atoms with Crippen molar-refractivity contribution in [2.75, 3.05) is 19.1 Å². The number of aromatic nitrogens is 1. The highest BCUT2D eigenvalue weighted by Gasteiger charge is 2.23. The van der Waals surface area contributed by atoms with E-state index in [1.165, 1.54) is 11.3 Å². The third kappa shape index (κ3) is 2.93. The number of nitrogens with zero attached hydrogens (tertiary/aromatic N) is 2. The minimum atomic E-state index is 0.245. The minimum absolute atomic E-state index is 0.245. The highest BCUT2D eigenvalue weighted by Crippen LogP contribution is 2.32. The van der Waals surface area contributed by atoms with Crippen LogP contribution in [-0.2, 0) is 13.0 Å². The first-order valence-corrected chi connectivity index (χ1v) is 7.86. The fourth-order valence-corrected chi connectivity index (χ4v) is 3.57. The van der Waals surface area contributed by atoms with Gasteiger partial charge in [0, 0.05) is 20.0 Å². The fourth-order valence-electron chi connectivity index (χ4n) is 2.53. The number of rotatable bonds is 4. The second-order valence-electron chi connectivity index (χ2n) is 5.26. The SMILES string of the molecule is COc1cccc(CN(C)c2nc3c(s2)C(=O)CCC3)c1. The van der Waals surface area contributed by atoms with Crippen molar-refractivity contribution in [3.8, 4) is 5.75 Å². The van der Waals surface area contributed by atoms with Gasteiger partial charge in [-0.3, -0.25) is 4.79 Å². The summed E-state index contributed by atoms with van der Waals surface area (Å²) in [7, 11) is 3.68. The predicted octanol–water partition coefficient (Wildman–Crippen LogP) is 3.31. The van der Waals surface area contributed by atoms with Crippen LogP contribution < -0.4 is 9.64 Å². The lowest BCUT2D eigenvalue weighted by molar-refractivity contribution is 0.0976. The summed E-state index contributed by atoms with van der Waals surface area (Å²) in [6.07, 6.45) is 2.51. The van der Waals surface area contributed by atoms with E-state index in [4.69, 9.17) is 4.74 Å². The lowest BCUT2D eigenvalue weighted by atomic mass is 10.0. The zero-order valence-corrected chi connectivity index (χ0v) is 13.1. The van der Waals surface area contributed by atoms with Gasteiger partial charge >= 0.3 is 0 Å². The lowest BCUT2D eigenvalue weighted by Crippen LogP contribution is -2.16. The highest BCUT2D eigenvalue weighted by atomic mass is 32.1. The Morgan fingerprint density at radius 2 is 2.24 bits per heavy atom. The van der Waals surface area contributed by atoms with E-state index in [9.17, 15) is 4.79 Å². The number of carbonyl (C=O) groups excluding carboxylic acids is 1. The van der Waals surface area contributed by atoms with Gasteiger partial charge in [0.1, 0.15) is 5.75 Å². The quantitative estimate of drug-likeness (QED) is 0.869. The number of hydrogen-bond donors (Lipinski definition) is 0. The molecule has 0 aliphatic heterocycles. The number of ether oxygens (including phenoxy) is 1. The van der Waals surface area contributed by atoms with E-state index >= 15 is 0 Å². The Bertz CT molecular complexity index is 666. The molecule has 1 aliphatic rings. The topological polar surface area (TPSA) is 42.4 Å². The predicted molar refractivity (Wildman–Crippen MR) is 84.5 cm³/mol. The molecule has 1 aliphatic carbocycles. The Balaban J connectivity index is 1.79. The van der Waals surface area contributed by atoms with Gasteiger partial charge in [0.25, 0.3) is 0 Å². The first-order valence-electron chi connectivity index (χ1n) is 7.04. The smallest absolute Gasteiger partial charge is 0.186 e. The van der Waals surface area contributed by atoms with Crippen molar-refractivity contribution < 1.29 is 9.53 Å². The molecular weight excluding hydrogens is 284 g/mol. The molecule has 110 valence electrons. The third-order valence-corrected chi connectivity index (χ3v) is 4.89. The molecule has 0 radical (unpaired) electrons. The molecule has 2 aromatic rings. The number of benzene rings is 1. The maximum Gasteiger partial charge on any atom is 0.186 e. The van der Waals surface area contributed by atoms with E-state index < -0.39 is 0 Å². The molecule has 3 rings (SSSR count). The Morgan fingerprint density at radius 1 is 1.38 bits per heavy atom. The lowest BCUT2D eigenvalue weighted by Gasteiger charge is -2.16. The summed E-state index contributed by atoms with van der Waals surface area (Å²) in [4.78, 5) is 19.5. The molecule has 0 unspecified atom stereocenters. The fraction of sp³-hybridized carbons (Fsp3) is 0.375. The first-order chi connectivity index (χ1) is 10.2. The molecule has 0 N–H and O–H groups in total. The van der Waals surface area contributed by atoms with Gasteiger partial charge in [0.15, 0.2) is 10.9 Å². The number of aryl methyl sites for hydroxylation is 1. The number of thiazole rings is 1. The Hall–Kier alpha value is -1.88. The van der Waals surface area contributed by atoms with Crippen LogP contribution in [0.15, 0.2) is 24.3 Å². The van der Waals surface area contributed by atoms with Crippen LogP contribution in [0.25, 0.3) is 0 Å². The number of Topliss-reactive ketones (excluding diaryl/α,β-unsaturated/α-hetero) is 1. The summed E-state index contributed by atoms with van der Waals surface area (Å²) in [5.41, 5.74) is 2.14. The second kappa shape index (κ2) is 5.85. The molecule has 21 heavy (non-hydrogen) atoms. The zero-order valence-electron chi connectivity index (χ0n) is 12.3. The molecule has 0 atom stereocenters. The average molecular weight is 302 g/mol. The number of fused-ring (bicyclic) bond motifs is 1. The highest BCUT2D eigenvalue weighted by molar-refractivity contribution is 7.17. The van der Waals surface area contributed by atoms with E-state index in [2.05, 4.69) is 16.0 Å². The molecular formula is C16H18N2O2S. The Kier molecular flexibility index (Phi) is 3.92. The molecule has 5 heteroatoms. The largest absolute Gasteiger partial charge is 0.497 e. The number of methoxy groups -OCH3 is 1. The molecule has 0 saturated carbocycles. The summed E-state index contributed by atoms with van der Waals surface area (Å²) in [6.45, 7) is 0.748. The second-order valence-corrected chi connectivity index (χ2v) is 6.23. The van der Waals surface area contributed by atoms with Crippen molar-refractivity contribution in [1.29, 1.82) is 0 Å². The van der Waals surface area contributed by atoms with Crippen molar-refractivity contribution in [2.45, 2.75) is 25.8 Å². The van der Waals surface area contributed by atoms with Crippen LogP contribution in [-0.4, -0.2) is 24.9 Å². The van der Waals surface area contributed by atoms with Crippen molar-refractivity contribution in [2.24, 2.45) is 0 Å². The van der Waals surface area contributed by atoms with Gasteiger partial charge in [-0.15, -0.1) is 0 Å². The average Bonchev–Trinajstić information content (AvgIpc) is 2.93. The molecule has 0 amide bonds. The van der Waals surface area contributed by atoms with Gasteiger partial charge in [-0.25, -0.2) is 4.98 Å². The first kappa shape index (κ1) is 14.1. The van der Waals surface area contributed by atoms with E-state index in [0.29, 0.717) is 6.42 Å². The minimum Gasteiger partial charge on any atom is -0.497 e. The number of ketones is 1. The van der Waals surface area contributed by atoms with Crippen LogP contribution in [0.5, 0.6) is 5.75 Å². The van der Waals surface area contributed by atoms with Crippen molar-refractivity contribution in [1.82, 2.24) is 4.98 Å². The number of hydrogen-bond acceptors (Lipinski definition) is 5. The molecule has 1 aromatic heterocycles. The molecule has 1 aromatic carbocycles. The number of carbonyl (C=O) groups is 1. The maximum atomic E-state index is 11.9. The van der Waals surface area contributed by atoms with Crippen LogP contribution >= 0.6 is 11.3 Å². The molecule has 0 spiro atoms. The third-order valence-electron chi connectivity index (χ3n) is 3.64. The van der Waals surface area contributed by atoms with E-state index in [0.717, 1.165) is 46.4 Å². The van der Waals surface area contributed by atoms with Gasteiger partial charge in [-0.2, -0.15) is 0 Å². The summed E-state index contributed by atoms with van der Waals surface area (Å²) >= 11 is 1.51. The number of anilines is 1. The normalized spacial score (nSPS) is 13.9. The van der Waals surface area contributed by atoms with Crippen LogP contribution in [0.3, 0.4) is 0 Å². The van der Waals surface area contributed by atoms with Gasteiger partial charge in [-0.05, 0) is 30.5 Å². The van der Waals surface area contributed by atoms with Crippen molar-refractivity contribution >= 4 is 22.3 Å². The zero-order chi connectivity index (χ0) is 14.8. The monoisotopic (exact) mass is 302 g/mol. The van der Waals surface area contributed by atoms with Crippen LogP contribution in [0, 0.1) is 0 Å². The van der Waals surface area contributed by atoms with Crippen LogP contribution in [0.2, 0.25) is 0 Å². The van der Waals surface area contributed by atoms with Gasteiger partial charge in [-0.1, -0.05) is 23.5 Å². The van der Waals surface area contributed by atoms with Crippen LogP contribution in [0.4, 0.5) is 5.13 Å². The van der Waals surface area contributed by atoms with Gasteiger partial charge < -0.3 is 9.64 Å². The molecule has 0 bridgehead atoms.